The van der Waals surface area contributed by atoms with Crippen molar-refractivity contribution >= 4 is 30.4 Å². The van der Waals surface area contributed by atoms with Gasteiger partial charge in [0.05, 0.1) is 11.1 Å². The number of anilines is 1. The van der Waals surface area contributed by atoms with Gasteiger partial charge in [-0.25, -0.2) is 0 Å². The molecule has 0 fully saturated rings. The van der Waals surface area contributed by atoms with E-state index in [-0.39, 0.29) is 5.69 Å². The maximum absolute atomic E-state index is 13.1. The van der Waals surface area contributed by atoms with Gasteiger partial charge in [-0.1, -0.05) is 62.0 Å². The van der Waals surface area contributed by atoms with Crippen molar-refractivity contribution in [2.24, 2.45) is 0 Å². The fourth-order valence-electron chi connectivity index (χ4n) is 2.84. The summed E-state index contributed by atoms with van der Waals surface area (Å²) in [6.07, 6.45) is -4.48. The number of benzene rings is 3. The number of rotatable bonds is 2. The first-order valence-electron chi connectivity index (χ1n) is 9.08. The molecule has 1 amide bonds. The Morgan fingerprint density at radius 3 is 2.38 bits per heavy atom. The molecule has 148 valence electrons. The molecular weight excluding hydrogens is 391 g/mol. The van der Waals surface area contributed by atoms with Gasteiger partial charge in [-0.15, -0.1) is 5.54 Å². The zero-order valence-corrected chi connectivity index (χ0v) is 17.3. The number of hydrogen-bond acceptors (Lipinski definition) is 1. The highest BCUT2D eigenvalue weighted by Crippen LogP contribution is 2.31. The molecule has 0 aliphatic carbocycles. The summed E-state index contributed by atoms with van der Waals surface area (Å²) in [7, 11) is -1.69. The average molecular weight is 411 g/mol. The number of nitrogens with one attached hydrogen (secondary N) is 1. The third-order valence-electron chi connectivity index (χ3n) is 4.18. The van der Waals surface area contributed by atoms with Crippen LogP contribution in [0.1, 0.15) is 21.5 Å². The Kier molecular flexibility index (Phi) is 5.54. The number of alkyl halides is 3. The lowest BCUT2D eigenvalue weighted by molar-refractivity contribution is -0.137. The summed E-state index contributed by atoms with van der Waals surface area (Å²) in [6.45, 7) is 6.30. The fourth-order valence-corrected chi connectivity index (χ4v) is 3.35. The van der Waals surface area contributed by atoms with Crippen LogP contribution < -0.4 is 5.32 Å². The Hall–Kier alpha value is -3.04. The van der Waals surface area contributed by atoms with E-state index in [0.717, 1.165) is 17.5 Å². The second-order valence-corrected chi connectivity index (χ2v) is 12.5. The molecule has 0 spiro atoms. The fraction of sp³-hybridized carbons (Fsp3) is 0.174. The maximum atomic E-state index is 13.1. The van der Waals surface area contributed by atoms with Gasteiger partial charge in [0.1, 0.15) is 8.07 Å². The summed E-state index contributed by atoms with van der Waals surface area (Å²) in [5.41, 5.74) is 3.46. The third kappa shape index (κ3) is 5.07. The van der Waals surface area contributed by atoms with E-state index in [0.29, 0.717) is 16.5 Å². The van der Waals surface area contributed by atoms with Gasteiger partial charge >= 0.3 is 6.18 Å². The van der Waals surface area contributed by atoms with Gasteiger partial charge in [0.2, 0.25) is 0 Å². The summed E-state index contributed by atoms with van der Waals surface area (Å²) >= 11 is 0. The molecule has 0 bridgehead atoms. The van der Waals surface area contributed by atoms with Gasteiger partial charge in [0.15, 0.2) is 0 Å². The molecule has 0 saturated carbocycles. The molecule has 3 aromatic rings. The van der Waals surface area contributed by atoms with E-state index in [9.17, 15) is 18.0 Å². The van der Waals surface area contributed by atoms with Crippen LogP contribution in [0.2, 0.25) is 19.6 Å². The largest absolute Gasteiger partial charge is 0.416 e. The molecule has 0 aromatic heterocycles. The van der Waals surface area contributed by atoms with E-state index >= 15 is 0 Å². The highest BCUT2D eigenvalue weighted by Gasteiger charge is 2.30. The minimum Gasteiger partial charge on any atom is -0.322 e. The second-order valence-electron chi connectivity index (χ2n) is 7.74. The predicted octanol–water partition coefficient (Wildman–Crippen LogP) is 6.34. The molecule has 0 heterocycles. The van der Waals surface area contributed by atoms with E-state index in [2.05, 4.69) is 36.4 Å². The second kappa shape index (κ2) is 7.76. The van der Waals surface area contributed by atoms with Crippen LogP contribution in [0, 0.1) is 11.5 Å². The number of halogens is 3. The van der Waals surface area contributed by atoms with Gasteiger partial charge in [0.25, 0.3) is 5.91 Å². The van der Waals surface area contributed by atoms with Crippen LogP contribution in [-0.2, 0) is 6.18 Å². The smallest absolute Gasteiger partial charge is 0.322 e. The van der Waals surface area contributed by atoms with Gasteiger partial charge in [-0.3, -0.25) is 4.79 Å². The molecule has 1 N–H and O–H groups in total. The van der Waals surface area contributed by atoms with Crippen LogP contribution in [-0.4, -0.2) is 14.0 Å². The SMILES string of the molecule is C[Si](C)(C)C#Cc1ccc2ccccc2c1C(=O)Nc1cccc(C(F)(F)F)c1. The first-order valence-corrected chi connectivity index (χ1v) is 12.6. The van der Waals surface area contributed by atoms with Crippen LogP contribution in [0.5, 0.6) is 0 Å². The molecule has 29 heavy (non-hydrogen) atoms. The molecule has 6 heteroatoms. The highest BCUT2D eigenvalue weighted by molar-refractivity contribution is 6.83. The van der Waals surface area contributed by atoms with E-state index in [1.165, 1.54) is 12.1 Å². The molecule has 0 aliphatic heterocycles. The predicted molar refractivity (Wildman–Crippen MR) is 114 cm³/mol. The van der Waals surface area contributed by atoms with Gasteiger partial charge < -0.3 is 5.32 Å². The molecule has 0 unspecified atom stereocenters. The Balaban J connectivity index is 2.07. The molecule has 3 rings (SSSR count). The van der Waals surface area contributed by atoms with E-state index < -0.39 is 25.7 Å². The zero-order chi connectivity index (χ0) is 21.2. The normalized spacial score (nSPS) is 11.7. The number of carbonyl (C=O) groups is 1. The third-order valence-corrected chi connectivity index (χ3v) is 5.05. The Morgan fingerprint density at radius 1 is 0.966 bits per heavy atom. The monoisotopic (exact) mass is 411 g/mol. The quantitative estimate of drug-likeness (QED) is 0.387. The Bertz CT molecular complexity index is 1130. The number of amides is 1. The molecule has 0 radical (unpaired) electrons. The van der Waals surface area contributed by atoms with E-state index in [1.807, 2.05) is 30.3 Å². The van der Waals surface area contributed by atoms with Crippen LogP contribution >= 0.6 is 0 Å². The summed E-state index contributed by atoms with van der Waals surface area (Å²) in [5, 5.41) is 4.17. The van der Waals surface area contributed by atoms with Gasteiger partial charge in [-0.2, -0.15) is 13.2 Å². The molecular formula is C23H20F3NOSi. The Morgan fingerprint density at radius 2 is 1.69 bits per heavy atom. The average Bonchev–Trinajstić information content (AvgIpc) is 2.64. The van der Waals surface area contributed by atoms with E-state index in [4.69, 9.17) is 0 Å². The molecule has 2 nitrogen and oxygen atoms in total. The molecule has 0 atom stereocenters. The first kappa shape index (κ1) is 20.7. The lowest BCUT2D eigenvalue weighted by Crippen LogP contribution is -2.17. The van der Waals surface area contributed by atoms with Crippen molar-refractivity contribution in [1.29, 1.82) is 0 Å². The highest BCUT2D eigenvalue weighted by atomic mass is 28.3. The molecule has 0 saturated heterocycles. The van der Waals surface area contributed by atoms with Crippen LogP contribution in [0.25, 0.3) is 10.8 Å². The lowest BCUT2D eigenvalue weighted by Gasteiger charge is -2.13. The topological polar surface area (TPSA) is 29.1 Å². The zero-order valence-electron chi connectivity index (χ0n) is 16.3. The van der Waals surface area contributed by atoms with Crippen molar-refractivity contribution in [3.63, 3.8) is 0 Å². The van der Waals surface area contributed by atoms with Crippen LogP contribution in [0.3, 0.4) is 0 Å². The van der Waals surface area contributed by atoms with Crippen LogP contribution in [0.15, 0.2) is 60.7 Å². The van der Waals surface area contributed by atoms with Crippen molar-refractivity contribution in [2.75, 3.05) is 5.32 Å². The van der Waals surface area contributed by atoms with Crippen molar-refractivity contribution in [2.45, 2.75) is 25.8 Å². The minimum atomic E-state index is -4.48. The summed E-state index contributed by atoms with van der Waals surface area (Å²) in [4.78, 5) is 13.1. The molecule has 3 aromatic carbocycles. The van der Waals surface area contributed by atoms with Crippen molar-refractivity contribution in [3.8, 4) is 11.5 Å². The summed E-state index contributed by atoms with van der Waals surface area (Å²) in [5.74, 6) is 2.63. The number of hydrogen-bond donors (Lipinski definition) is 1. The standard InChI is InChI=1S/C23H20F3NOSi/c1-29(2,3)14-13-17-12-11-16-7-4-5-10-20(16)21(17)22(28)27-19-9-6-8-18(15-19)23(24,25)26/h4-12,15H,1-3H3,(H,27,28). The van der Waals surface area contributed by atoms with Crippen molar-refractivity contribution in [1.82, 2.24) is 0 Å². The van der Waals surface area contributed by atoms with Crippen molar-refractivity contribution < 1.29 is 18.0 Å². The first-order chi connectivity index (χ1) is 13.5. The summed E-state index contributed by atoms with van der Waals surface area (Å²) < 4.78 is 39.0. The minimum absolute atomic E-state index is 0.0851. The van der Waals surface area contributed by atoms with E-state index in [1.54, 1.807) is 6.07 Å². The molecule has 0 aliphatic rings. The maximum Gasteiger partial charge on any atom is 0.416 e. The van der Waals surface area contributed by atoms with Gasteiger partial charge in [-0.05, 0) is 35.0 Å². The Labute approximate surface area is 168 Å². The van der Waals surface area contributed by atoms with Gasteiger partial charge in [0, 0.05) is 11.3 Å². The van der Waals surface area contributed by atoms with Crippen molar-refractivity contribution in [3.05, 3.63) is 77.4 Å². The summed E-state index contributed by atoms with van der Waals surface area (Å²) in [6, 6.07) is 15.7. The van der Waals surface area contributed by atoms with Crippen LogP contribution in [0.4, 0.5) is 18.9 Å². The number of carbonyl (C=O) groups excluding carboxylic acids is 1. The lowest BCUT2D eigenvalue weighted by atomic mass is 9.98. The number of fused-ring (bicyclic) bond motifs is 1.